The molecule has 0 fully saturated rings. The smallest absolute Gasteiger partial charge is 0.193 e. The molecule has 0 unspecified atom stereocenters. The highest BCUT2D eigenvalue weighted by Crippen LogP contribution is 2.19. The normalized spacial score (nSPS) is 10.5. The van der Waals surface area contributed by atoms with Crippen LogP contribution < -0.4 is 0 Å². The predicted octanol–water partition coefficient (Wildman–Crippen LogP) is 4.96. The molecule has 0 aromatic heterocycles. The van der Waals surface area contributed by atoms with Gasteiger partial charge in [-0.2, -0.15) is 0 Å². The van der Waals surface area contributed by atoms with Gasteiger partial charge in [0, 0.05) is 23.1 Å². The molecule has 0 heterocycles. The second kappa shape index (κ2) is 7.27. The first-order valence-corrected chi connectivity index (χ1v) is 8.35. The van der Waals surface area contributed by atoms with Crippen molar-refractivity contribution in [1.82, 2.24) is 0 Å². The minimum absolute atomic E-state index is 0.0366. The molecular weight excluding hydrogens is 308 g/mol. The second-order valence-corrected chi connectivity index (χ2v) is 6.20. The van der Waals surface area contributed by atoms with E-state index in [-0.39, 0.29) is 18.0 Å². The topological polar surface area (TPSA) is 34.1 Å². The summed E-state index contributed by atoms with van der Waals surface area (Å²) in [4.78, 5) is 25.6. The number of hydrogen-bond donors (Lipinski definition) is 0. The predicted molar refractivity (Wildman–Crippen MR) is 100 cm³/mol. The zero-order valence-electron chi connectivity index (χ0n) is 14.5. The number of aryl methyl sites for hydroxylation is 1. The largest absolute Gasteiger partial charge is 0.294 e. The second-order valence-electron chi connectivity index (χ2n) is 6.20. The highest BCUT2D eigenvalue weighted by molar-refractivity contribution is 6.11. The van der Waals surface area contributed by atoms with Gasteiger partial charge >= 0.3 is 0 Å². The van der Waals surface area contributed by atoms with Gasteiger partial charge in [-0.3, -0.25) is 9.59 Å². The van der Waals surface area contributed by atoms with Crippen LogP contribution in [0.4, 0.5) is 0 Å². The molecule has 0 saturated heterocycles. The van der Waals surface area contributed by atoms with Crippen LogP contribution in [0, 0.1) is 13.8 Å². The van der Waals surface area contributed by atoms with Gasteiger partial charge in [0.05, 0.1) is 0 Å². The van der Waals surface area contributed by atoms with Crippen LogP contribution in [0.3, 0.4) is 0 Å². The lowest BCUT2D eigenvalue weighted by molar-refractivity contribution is 0.0992. The number of rotatable bonds is 5. The highest BCUT2D eigenvalue weighted by Gasteiger charge is 2.17. The van der Waals surface area contributed by atoms with Crippen molar-refractivity contribution in [3.05, 3.63) is 106 Å². The fourth-order valence-electron chi connectivity index (χ4n) is 2.96. The Morgan fingerprint density at radius 2 is 1.36 bits per heavy atom. The molecule has 3 aromatic rings. The average Bonchev–Trinajstić information content (AvgIpc) is 2.64. The molecule has 0 spiro atoms. The molecular formula is C23H20O2. The minimum atomic E-state index is -0.0510. The van der Waals surface area contributed by atoms with Crippen molar-refractivity contribution in [1.29, 1.82) is 0 Å². The first-order chi connectivity index (χ1) is 12.1. The van der Waals surface area contributed by atoms with Gasteiger partial charge < -0.3 is 0 Å². The van der Waals surface area contributed by atoms with Crippen LogP contribution in [-0.2, 0) is 6.42 Å². The number of benzene rings is 3. The van der Waals surface area contributed by atoms with Gasteiger partial charge in [0.1, 0.15) is 0 Å². The first-order valence-electron chi connectivity index (χ1n) is 8.35. The zero-order valence-corrected chi connectivity index (χ0v) is 14.5. The van der Waals surface area contributed by atoms with E-state index in [4.69, 9.17) is 0 Å². The summed E-state index contributed by atoms with van der Waals surface area (Å²) in [6.45, 7) is 3.96. The number of Topliss-reactive ketones (excluding diaryl/α,β-unsaturated/α-hetero) is 1. The number of carbonyl (C=O) groups excluding carboxylic acids is 2. The lowest BCUT2D eigenvalue weighted by Crippen LogP contribution is -2.11. The molecule has 0 saturated carbocycles. The number of carbonyl (C=O) groups is 2. The van der Waals surface area contributed by atoms with E-state index in [2.05, 4.69) is 0 Å². The van der Waals surface area contributed by atoms with E-state index >= 15 is 0 Å². The molecule has 3 rings (SSSR count). The van der Waals surface area contributed by atoms with Gasteiger partial charge in [-0.15, -0.1) is 0 Å². The molecule has 0 radical (unpaired) electrons. The van der Waals surface area contributed by atoms with Crippen LogP contribution in [0.25, 0.3) is 0 Å². The maximum atomic E-state index is 12.8. The van der Waals surface area contributed by atoms with E-state index in [0.717, 1.165) is 22.3 Å². The quantitative estimate of drug-likeness (QED) is 0.620. The molecule has 0 N–H and O–H groups in total. The fraction of sp³-hybridized carbons (Fsp3) is 0.130. The fourth-order valence-corrected chi connectivity index (χ4v) is 2.96. The van der Waals surface area contributed by atoms with Crippen molar-refractivity contribution in [2.75, 3.05) is 0 Å². The minimum Gasteiger partial charge on any atom is -0.294 e. The van der Waals surface area contributed by atoms with Gasteiger partial charge in [0.15, 0.2) is 11.6 Å². The summed E-state index contributed by atoms with van der Waals surface area (Å²) in [6.07, 6.45) is 0.221. The molecule has 0 atom stereocenters. The van der Waals surface area contributed by atoms with Gasteiger partial charge in [0.2, 0.25) is 0 Å². The summed E-state index contributed by atoms with van der Waals surface area (Å²) in [5, 5.41) is 0. The lowest BCUT2D eigenvalue weighted by atomic mass is 9.92. The first kappa shape index (κ1) is 16.8. The van der Waals surface area contributed by atoms with Crippen molar-refractivity contribution in [3.8, 4) is 0 Å². The molecule has 124 valence electrons. The zero-order chi connectivity index (χ0) is 17.8. The SMILES string of the molecule is Cc1cccc(C(=O)Cc2ccccc2C(=O)c2ccccc2)c1C. The van der Waals surface area contributed by atoms with Crippen LogP contribution in [0.5, 0.6) is 0 Å². The van der Waals surface area contributed by atoms with E-state index in [0.29, 0.717) is 11.1 Å². The Bertz CT molecular complexity index is 924. The monoisotopic (exact) mass is 328 g/mol. The summed E-state index contributed by atoms with van der Waals surface area (Å²) < 4.78 is 0. The summed E-state index contributed by atoms with van der Waals surface area (Å²) >= 11 is 0. The molecule has 0 aliphatic heterocycles. The Kier molecular flexibility index (Phi) is 4.90. The third-order valence-electron chi connectivity index (χ3n) is 4.55. The van der Waals surface area contributed by atoms with Gasteiger partial charge in [0.25, 0.3) is 0 Å². The van der Waals surface area contributed by atoms with E-state index in [1.807, 2.05) is 68.4 Å². The highest BCUT2D eigenvalue weighted by atomic mass is 16.1. The Balaban J connectivity index is 1.93. The summed E-state index contributed by atoms with van der Waals surface area (Å²) in [7, 11) is 0. The lowest BCUT2D eigenvalue weighted by Gasteiger charge is -2.11. The Hall–Kier alpha value is -3.00. The third-order valence-corrected chi connectivity index (χ3v) is 4.55. The molecule has 0 amide bonds. The molecule has 0 aliphatic carbocycles. The van der Waals surface area contributed by atoms with Crippen LogP contribution in [0.15, 0.2) is 72.8 Å². The van der Waals surface area contributed by atoms with Crippen LogP contribution in [0.1, 0.15) is 43.0 Å². The number of ketones is 2. The standard InChI is InChI=1S/C23H20O2/c1-16-9-8-14-20(17(16)2)22(24)15-19-12-6-7-13-21(19)23(25)18-10-4-3-5-11-18/h3-14H,15H2,1-2H3. The average molecular weight is 328 g/mol. The van der Waals surface area contributed by atoms with Crippen molar-refractivity contribution in [3.63, 3.8) is 0 Å². The van der Waals surface area contributed by atoms with Crippen LogP contribution in [0.2, 0.25) is 0 Å². The van der Waals surface area contributed by atoms with Gasteiger partial charge in [-0.25, -0.2) is 0 Å². The van der Waals surface area contributed by atoms with Crippen LogP contribution >= 0.6 is 0 Å². The summed E-state index contributed by atoms with van der Waals surface area (Å²) in [6, 6.07) is 22.3. The Morgan fingerprint density at radius 1 is 0.720 bits per heavy atom. The van der Waals surface area contributed by atoms with Gasteiger partial charge in [-0.1, -0.05) is 72.8 Å². The van der Waals surface area contributed by atoms with Crippen LogP contribution in [-0.4, -0.2) is 11.6 Å². The summed E-state index contributed by atoms with van der Waals surface area (Å²) in [5.74, 6) is -0.0144. The van der Waals surface area contributed by atoms with E-state index in [1.165, 1.54) is 0 Å². The van der Waals surface area contributed by atoms with Crippen molar-refractivity contribution >= 4 is 11.6 Å². The van der Waals surface area contributed by atoms with Crippen molar-refractivity contribution < 1.29 is 9.59 Å². The Labute approximate surface area is 148 Å². The summed E-state index contributed by atoms with van der Waals surface area (Å²) in [5.41, 5.74) is 4.81. The molecule has 25 heavy (non-hydrogen) atoms. The molecule has 2 heteroatoms. The molecule has 0 aliphatic rings. The Morgan fingerprint density at radius 3 is 2.12 bits per heavy atom. The molecule has 2 nitrogen and oxygen atoms in total. The molecule has 0 bridgehead atoms. The van der Waals surface area contributed by atoms with Crippen molar-refractivity contribution in [2.45, 2.75) is 20.3 Å². The third kappa shape index (κ3) is 3.58. The van der Waals surface area contributed by atoms with Crippen molar-refractivity contribution in [2.24, 2.45) is 0 Å². The van der Waals surface area contributed by atoms with E-state index in [1.54, 1.807) is 18.2 Å². The maximum absolute atomic E-state index is 12.8. The van der Waals surface area contributed by atoms with E-state index in [9.17, 15) is 9.59 Å². The maximum Gasteiger partial charge on any atom is 0.193 e. The van der Waals surface area contributed by atoms with Gasteiger partial charge in [-0.05, 0) is 30.5 Å². The van der Waals surface area contributed by atoms with E-state index < -0.39 is 0 Å². The number of hydrogen-bond acceptors (Lipinski definition) is 2. The molecule has 3 aromatic carbocycles.